The third-order valence-electron chi connectivity index (χ3n) is 13.9. The van der Waals surface area contributed by atoms with Crippen molar-refractivity contribution >= 4 is 54.0 Å². The van der Waals surface area contributed by atoms with Gasteiger partial charge in [0.25, 0.3) is 23.6 Å². The standard InChI is InChI=1S/C48H55N5O8Si/c1-6-50(7-2)40(52-42(54)17-18-43(52)55)25-30-13-15-35-38(23-30)62(21-11-10-12-22-62)39-24-31(26-41(51(8-3)9-4)53-44(56)19-20-45(53)57)14-16-36(39)48(35)37-28-33(46(49)58)32(29-60-5)27-34(37)47(59)61-48/h13-20,23-24,27-28,40-41H,6-12,21-22,25-26,29H2,1-5H3,(H2,49,58). The maximum absolute atomic E-state index is 14.4. The number of imide groups is 2. The van der Waals surface area contributed by atoms with Gasteiger partial charge in [-0.15, -0.1) is 0 Å². The molecule has 8 rings (SSSR count). The van der Waals surface area contributed by atoms with Crippen LogP contribution >= 0.6 is 0 Å². The average molecular weight is 858 g/mol. The van der Waals surface area contributed by atoms with Crippen LogP contribution in [0.1, 0.15) is 101 Å². The number of rotatable bonds is 15. The van der Waals surface area contributed by atoms with Crippen molar-refractivity contribution in [3.63, 3.8) is 0 Å². The van der Waals surface area contributed by atoms with Gasteiger partial charge in [-0.25, -0.2) is 4.79 Å². The predicted octanol–water partition coefficient (Wildman–Crippen LogP) is 3.73. The van der Waals surface area contributed by atoms with Crippen LogP contribution in [-0.4, -0.2) is 109 Å². The molecule has 5 heterocycles. The molecule has 5 amide bonds. The van der Waals surface area contributed by atoms with Crippen LogP contribution in [0.15, 0.2) is 72.8 Å². The first-order valence-electron chi connectivity index (χ1n) is 21.9. The van der Waals surface area contributed by atoms with Crippen LogP contribution in [0.4, 0.5) is 0 Å². The van der Waals surface area contributed by atoms with Crippen molar-refractivity contribution in [1.29, 1.82) is 0 Å². The van der Waals surface area contributed by atoms with Gasteiger partial charge in [0.2, 0.25) is 5.91 Å². The van der Waals surface area contributed by atoms with Crippen molar-refractivity contribution in [2.45, 2.75) is 96.4 Å². The van der Waals surface area contributed by atoms with Crippen LogP contribution in [0.3, 0.4) is 0 Å². The second-order valence-electron chi connectivity index (χ2n) is 16.9. The van der Waals surface area contributed by atoms with Gasteiger partial charge in [-0.05, 0) is 77.5 Å². The zero-order chi connectivity index (χ0) is 44.1. The lowest BCUT2D eigenvalue weighted by molar-refractivity contribution is -0.145. The van der Waals surface area contributed by atoms with Gasteiger partial charge in [0, 0.05) is 66.5 Å². The summed E-state index contributed by atoms with van der Waals surface area (Å²) < 4.78 is 12.2. The fraction of sp³-hybridized carbons (Fsp3) is 0.417. The maximum Gasteiger partial charge on any atom is 0.340 e. The summed E-state index contributed by atoms with van der Waals surface area (Å²) in [4.78, 5) is 87.2. The molecule has 3 aromatic rings. The molecule has 0 aliphatic carbocycles. The highest BCUT2D eigenvalue weighted by Gasteiger charge is 2.59. The summed E-state index contributed by atoms with van der Waals surface area (Å²) in [5, 5.41) is 2.23. The van der Waals surface area contributed by atoms with E-state index in [9.17, 15) is 28.8 Å². The molecular formula is C48H55N5O8Si. The Morgan fingerprint density at radius 2 is 1.18 bits per heavy atom. The summed E-state index contributed by atoms with van der Waals surface area (Å²) in [5.74, 6) is -2.54. The van der Waals surface area contributed by atoms with Crippen LogP contribution in [-0.2, 0) is 53.7 Å². The van der Waals surface area contributed by atoms with Crippen molar-refractivity contribution in [1.82, 2.24) is 19.6 Å². The Labute approximate surface area is 363 Å². The van der Waals surface area contributed by atoms with E-state index in [2.05, 4.69) is 34.1 Å². The summed E-state index contributed by atoms with van der Waals surface area (Å²) in [6.07, 6.45) is 8.13. The quantitative estimate of drug-likeness (QED) is 0.136. The lowest BCUT2D eigenvalue weighted by atomic mass is 9.77. The number of likely N-dealkylation sites (N-methyl/N-ethyl adjacent to an activating group) is 2. The molecule has 2 unspecified atom stereocenters. The highest BCUT2D eigenvalue weighted by molar-refractivity contribution is 7.03. The second-order valence-corrected chi connectivity index (χ2v) is 21.1. The number of esters is 1. The van der Waals surface area contributed by atoms with Crippen LogP contribution in [0.25, 0.3) is 0 Å². The Morgan fingerprint density at radius 3 is 1.60 bits per heavy atom. The number of amides is 5. The molecule has 0 radical (unpaired) electrons. The highest BCUT2D eigenvalue weighted by atomic mass is 28.3. The number of methoxy groups -OCH3 is 1. The smallest absolute Gasteiger partial charge is 0.340 e. The fourth-order valence-corrected chi connectivity index (χ4v) is 16.8. The zero-order valence-electron chi connectivity index (χ0n) is 36.2. The van der Waals surface area contributed by atoms with Crippen LogP contribution in [0.5, 0.6) is 0 Å². The van der Waals surface area contributed by atoms with Gasteiger partial charge in [-0.3, -0.25) is 43.6 Å². The van der Waals surface area contributed by atoms with Crippen LogP contribution in [0, 0.1) is 0 Å². The number of primary amides is 1. The number of hydrogen-bond acceptors (Lipinski definition) is 10. The maximum atomic E-state index is 14.4. The Kier molecular flexibility index (Phi) is 11.8. The van der Waals surface area contributed by atoms with Gasteiger partial charge in [0.05, 0.1) is 24.5 Å². The largest absolute Gasteiger partial charge is 0.441 e. The number of hydrogen-bond donors (Lipinski definition) is 1. The molecule has 5 aliphatic heterocycles. The average Bonchev–Trinajstić information content (AvgIpc) is 3.89. The first-order valence-corrected chi connectivity index (χ1v) is 24.3. The summed E-state index contributed by atoms with van der Waals surface area (Å²) in [7, 11) is -1.21. The number of benzene rings is 3. The lowest BCUT2D eigenvalue weighted by Crippen LogP contribution is -2.67. The van der Waals surface area contributed by atoms with Crippen LogP contribution in [0.2, 0.25) is 12.1 Å². The zero-order valence-corrected chi connectivity index (χ0v) is 37.2. The molecule has 0 bridgehead atoms. The second kappa shape index (κ2) is 17.0. The predicted molar refractivity (Wildman–Crippen MR) is 235 cm³/mol. The number of nitrogens with zero attached hydrogens (tertiary/aromatic N) is 4. The van der Waals surface area contributed by atoms with Crippen molar-refractivity contribution in [2.75, 3.05) is 33.3 Å². The van der Waals surface area contributed by atoms with E-state index in [4.69, 9.17) is 15.2 Å². The Hall–Kier alpha value is -5.54. The van der Waals surface area contributed by atoms with Gasteiger partial charge in [-0.2, -0.15) is 0 Å². The van der Waals surface area contributed by atoms with E-state index < -0.39 is 37.9 Å². The molecule has 2 spiro atoms. The molecule has 324 valence electrons. The Bertz CT molecular complexity index is 2280. The highest BCUT2D eigenvalue weighted by Crippen LogP contribution is 2.51. The molecule has 62 heavy (non-hydrogen) atoms. The minimum absolute atomic E-state index is 0.0677. The van der Waals surface area contributed by atoms with E-state index in [-0.39, 0.29) is 35.8 Å². The van der Waals surface area contributed by atoms with E-state index in [1.807, 2.05) is 39.8 Å². The minimum Gasteiger partial charge on any atom is -0.441 e. The molecule has 5 aliphatic rings. The molecule has 0 aromatic heterocycles. The third kappa shape index (κ3) is 6.87. The fourth-order valence-electron chi connectivity index (χ4n) is 11.0. The van der Waals surface area contributed by atoms with Crippen LogP contribution < -0.4 is 16.1 Å². The molecule has 1 fully saturated rings. The first-order chi connectivity index (χ1) is 29.9. The monoisotopic (exact) mass is 857 g/mol. The van der Waals surface area contributed by atoms with Crippen molar-refractivity contribution in [2.24, 2.45) is 5.73 Å². The molecule has 1 saturated heterocycles. The summed E-state index contributed by atoms with van der Waals surface area (Å²) in [6.45, 7) is 10.6. The minimum atomic E-state index is -2.73. The normalized spacial score (nSPS) is 20.8. The number of fused-ring (bicyclic) bond motifs is 8. The molecule has 13 nitrogen and oxygen atoms in total. The first kappa shape index (κ1) is 43.1. The van der Waals surface area contributed by atoms with E-state index in [1.165, 1.54) is 41.2 Å². The molecule has 0 saturated carbocycles. The lowest BCUT2D eigenvalue weighted by Gasteiger charge is -2.48. The molecule has 14 heteroatoms. The third-order valence-corrected chi connectivity index (χ3v) is 19.2. The van der Waals surface area contributed by atoms with Gasteiger partial charge in [-0.1, -0.05) is 83.4 Å². The number of ether oxygens (including phenoxy) is 2. The van der Waals surface area contributed by atoms with Gasteiger partial charge < -0.3 is 15.2 Å². The summed E-state index contributed by atoms with van der Waals surface area (Å²) in [5.41, 5.74) is 9.73. The van der Waals surface area contributed by atoms with E-state index in [0.717, 1.165) is 64.0 Å². The number of nitrogens with two attached hydrogens (primary N) is 1. The van der Waals surface area contributed by atoms with E-state index in [1.54, 1.807) is 12.1 Å². The van der Waals surface area contributed by atoms with Gasteiger partial charge >= 0.3 is 5.97 Å². The number of carbonyl (C=O) groups is 6. The molecule has 2 atom stereocenters. The SMILES string of the molecule is CCN(CC)C(Cc1ccc2c(c1)[Si]1(CCCCC1)c1cc(CC(N(CC)CC)N3C(=O)C=CC3=O)ccc1C21OC(=O)c2cc(COC)c(C(N)=O)cc21)N1C(=O)C=CC1=O. The molecule has 3 aromatic carbocycles. The van der Waals surface area contributed by atoms with Gasteiger partial charge in [0.1, 0.15) is 8.07 Å². The van der Waals surface area contributed by atoms with Gasteiger partial charge in [0.15, 0.2) is 5.60 Å². The Morgan fingerprint density at radius 1 is 0.710 bits per heavy atom. The molecule has 2 N–H and O–H groups in total. The molecular weight excluding hydrogens is 803 g/mol. The summed E-state index contributed by atoms with van der Waals surface area (Å²) in [6, 6.07) is 17.9. The van der Waals surface area contributed by atoms with Crippen molar-refractivity contribution in [3.05, 3.63) is 117 Å². The van der Waals surface area contributed by atoms with Crippen molar-refractivity contribution in [3.8, 4) is 0 Å². The summed E-state index contributed by atoms with van der Waals surface area (Å²) >= 11 is 0. The number of carbonyl (C=O) groups excluding carboxylic acids is 6. The topological polar surface area (TPSA) is 160 Å². The van der Waals surface area contributed by atoms with E-state index >= 15 is 0 Å². The Balaban J connectivity index is 1.37. The van der Waals surface area contributed by atoms with E-state index in [0.29, 0.717) is 55.7 Å². The van der Waals surface area contributed by atoms with Crippen molar-refractivity contribution < 1.29 is 38.2 Å².